The topological polar surface area (TPSA) is 59.3 Å². The second-order valence-corrected chi connectivity index (χ2v) is 8.36. The number of nitrogens with one attached hydrogen (secondary N) is 1. The van der Waals surface area contributed by atoms with Gasteiger partial charge in [0.2, 0.25) is 0 Å². The number of pyridine rings is 1. The lowest BCUT2D eigenvalue weighted by molar-refractivity contribution is 0.102. The van der Waals surface area contributed by atoms with Crippen molar-refractivity contribution in [2.75, 3.05) is 5.32 Å². The zero-order valence-corrected chi connectivity index (χ0v) is 18.0. The molecule has 0 saturated carbocycles. The number of rotatable bonds is 4. The summed E-state index contributed by atoms with van der Waals surface area (Å²) in [6.07, 6.45) is 1.99. The van der Waals surface area contributed by atoms with Crippen molar-refractivity contribution in [3.63, 3.8) is 0 Å². The van der Waals surface area contributed by atoms with Gasteiger partial charge in [0.1, 0.15) is 27.0 Å². The summed E-state index contributed by atoms with van der Waals surface area (Å²) in [4.78, 5) is 23.3. The Morgan fingerprint density at radius 2 is 1.55 bits per heavy atom. The summed E-state index contributed by atoms with van der Waals surface area (Å²) in [5.74, 6) is 0.474. The molecule has 0 bridgehead atoms. The average Bonchev–Trinajstić information content (AvgIpc) is 3.36. The fourth-order valence-electron chi connectivity index (χ4n) is 3.54. The smallest absolute Gasteiger partial charge is 0.268 e. The minimum absolute atomic E-state index is 0.183. The van der Waals surface area contributed by atoms with Crippen molar-refractivity contribution in [2.24, 2.45) is 0 Å². The van der Waals surface area contributed by atoms with E-state index in [1.807, 2.05) is 97.2 Å². The van der Waals surface area contributed by atoms with Gasteiger partial charge in [0.15, 0.2) is 0 Å². The maximum Gasteiger partial charge on any atom is 0.268 e. The van der Waals surface area contributed by atoms with E-state index in [4.69, 9.17) is 4.98 Å². The zero-order chi connectivity index (χ0) is 21.4. The molecule has 1 amide bonds. The highest BCUT2D eigenvalue weighted by Gasteiger charge is 2.21. The van der Waals surface area contributed by atoms with Gasteiger partial charge in [-0.1, -0.05) is 66.7 Å². The summed E-state index contributed by atoms with van der Waals surface area (Å²) in [6, 6.07) is 23.8. The van der Waals surface area contributed by atoms with Gasteiger partial charge in [0, 0.05) is 17.3 Å². The van der Waals surface area contributed by atoms with Crippen molar-refractivity contribution < 1.29 is 4.79 Å². The van der Waals surface area contributed by atoms with Gasteiger partial charge in [0.05, 0.1) is 5.69 Å². The molecular formula is C25H20N4OS. The average molecular weight is 425 g/mol. The molecule has 0 unspecified atom stereocenters. The fourth-order valence-corrected chi connectivity index (χ4v) is 4.51. The number of aromatic nitrogens is 3. The quantitative estimate of drug-likeness (QED) is 0.385. The second kappa shape index (κ2) is 7.81. The van der Waals surface area contributed by atoms with Crippen molar-refractivity contribution in [1.29, 1.82) is 0 Å². The molecule has 3 heterocycles. The predicted octanol–water partition coefficient (Wildman–Crippen LogP) is 5.99. The van der Waals surface area contributed by atoms with E-state index in [1.165, 1.54) is 11.3 Å². The predicted molar refractivity (Wildman–Crippen MR) is 126 cm³/mol. The van der Waals surface area contributed by atoms with Crippen LogP contribution in [0, 0.1) is 13.8 Å². The van der Waals surface area contributed by atoms with Gasteiger partial charge in [-0.2, -0.15) is 0 Å². The lowest BCUT2D eigenvalue weighted by Gasteiger charge is -2.08. The summed E-state index contributed by atoms with van der Waals surface area (Å²) in [5.41, 5.74) is 5.28. The molecule has 0 radical (unpaired) electrons. The number of carbonyl (C=O) groups excluding carboxylic acids is 1. The second-order valence-electron chi connectivity index (χ2n) is 7.36. The van der Waals surface area contributed by atoms with Crippen molar-refractivity contribution in [3.05, 3.63) is 95.1 Å². The summed E-state index contributed by atoms with van der Waals surface area (Å²) in [5, 5.41) is 3.95. The number of aryl methyl sites for hydroxylation is 2. The monoisotopic (exact) mass is 424 g/mol. The number of anilines is 1. The molecule has 2 aromatic carbocycles. The number of amides is 1. The number of thiazole rings is 1. The third-order valence-corrected chi connectivity index (χ3v) is 6.27. The molecule has 0 saturated heterocycles. The van der Waals surface area contributed by atoms with Gasteiger partial charge in [-0.3, -0.25) is 9.20 Å². The maximum absolute atomic E-state index is 13.3. The van der Waals surface area contributed by atoms with Crippen LogP contribution < -0.4 is 5.32 Å². The minimum Gasteiger partial charge on any atom is -0.305 e. The Morgan fingerprint density at radius 1 is 0.871 bits per heavy atom. The lowest BCUT2D eigenvalue weighted by atomic mass is 10.1. The highest BCUT2D eigenvalue weighted by atomic mass is 32.1. The summed E-state index contributed by atoms with van der Waals surface area (Å²) in [7, 11) is 0. The Bertz CT molecular complexity index is 1390. The van der Waals surface area contributed by atoms with E-state index in [1.54, 1.807) is 0 Å². The van der Waals surface area contributed by atoms with Crippen molar-refractivity contribution in [2.45, 2.75) is 13.8 Å². The molecule has 5 nitrogen and oxygen atoms in total. The van der Waals surface area contributed by atoms with Crippen LogP contribution in [-0.2, 0) is 0 Å². The van der Waals surface area contributed by atoms with E-state index in [-0.39, 0.29) is 5.91 Å². The minimum atomic E-state index is -0.183. The van der Waals surface area contributed by atoms with Crippen LogP contribution in [-0.4, -0.2) is 20.3 Å². The summed E-state index contributed by atoms with van der Waals surface area (Å²) in [6.45, 7) is 3.89. The zero-order valence-electron chi connectivity index (χ0n) is 17.2. The molecular weight excluding hydrogens is 404 g/mol. The molecule has 152 valence electrons. The fraction of sp³-hybridized carbons (Fsp3) is 0.0800. The van der Waals surface area contributed by atoms with E-state index < -0.39 is 0 Å². The lowest BCUT2D eigenvalue weighted by Crippen LogP contribution is -2.14. The molecule has 0 aliphatic carbocycles. The Morgan fingerprint density at radius 3 is 2.26 bits per heavy atom. The molecule has 31 heavy (non-hydrogen) atoms. The van der Waals surface area contributed by atoms with E-state index in [9.17, 15) is 4.79 Å². The van der Waals surface area contributed by atoms with Crippen LogP contribution in [0.5, 0.6) is 0 Å². The number of hydrogen-bond acceptors (Lipinski definition) is 4. The molecule has 1 N–H and O–H groups in total. The van der Waals surface area contributed by atoms with Crippen LogP contribution in [0.15, 0.2) is 79.0 Å². The van der Waals surface area contributed by atoms with Crippen LogP contribution in [0.1, 0.15) is 20.9 Å². The standard InChI is InChI=1S/C25H20N4OS/c1-16-13-14-20-27-21(18-9-5-3-6-10-18)23(29(20)15-16)28-24(30)22-17(2)26-25(31-22)19-11-7-4-8-12-19/h3-15H,1-2H3,(H,28,30). The number of hydrogen-bond donors (Lipinski definition) is 1. The third-order valence-electron chi connectivity index (χ3n) is 5.07. The number of carbonyl (C=O) groups is 1. The van der Waals surface area contributed by atoms with Gasteiger partial charge < -0.3 is 5.32 Å². The van der Waals surface area contributed by atoms with Crippen molar-refractivity contribution in [1.82, 2.24) is 14.4 Å². The Balaban J connectivity index is 1.57. The first-order valence-electron chi connectivity index (χ1n) is 9.98. The van der Waals surface area contributed by atoms with Crippen LogP contribution >= 0.6 is 11.3 Å². The van der Waals surface area contributed by atoms with Crippen LogP contribution in [0.2, 0.25) is 0 Å². The van der Waals surface area contributed by atoms with Crippen LogP contribution in [0.3, 0.4) is 0 Å². The summed E-state index contributed by atoms with van der Waals surface area (Å²) < 4.78 is 1.93. The number of imidazole rings is 1. The Kier molecular flexibility index (Phi) is 4.84. The van der Waals surface area contributed by atoms with Crippen molar-refractivity contribution >= 4 is 28.7 Å². The first-order valence-corrected chi connectivity index (χ1v) is 10.8. The normalized spacial score (nSPS) is 11.0. The number of fused-ring (bicyclic) bond motifs is 1. The van der Waals surface area contributed by atoms with Crippen LogP contribution in [0.4, 0.5) is 5.82 Å². The third kappa shape index (κ3) is 3.62. The van der Waals surface area contributed by atoms with E-state index in [2.05, 4.69) is 10.3 Å². The van der Waals surface area contributed by atoms with Crippen molar-refractivity contribution in [3.8, 4) is 21.8 Å². The highest BCUT2D eigenvalue weighted by Crippen LogP contribution is 2.32. The molecule has 0 spiro atoms. The van der Waals surface area contributed by atoms with Gasteiger partial charge in [-0.25, -0.2) is 9.97 Å². The van der Waals surface area contributed by atoms with Gasteiger partial charge in [-0.15, -0.1) is 11.3 Å². The molecule has 5 rings (SSSR count). The van der Waals surface area contributed by atoms with Gasteiger partial charge in [0.25, 0.3) is 5.91 Å². The molecule has 0 aliphatic rings. The summed E-state index contributed by atoms with van der Waals surface area (Å²) >= 11 is 1.40. The first-order chi connectivity index (χ1) is 15.1. The van der Waals surface area contributed by atoms with Gasteiger partial charge >= 0.3 is 0 Å². The maximum atomic E-state index is 13.3. The molecule has 5 aromatic rings. The van der Waals surface area contributed by atoms with Gasteiger partial charge in [-0.05, 0) is 25.5 Å². The van der Waals surface area contributed by atoms with Crippen LogP contribution in [0.25, 0.3) is 27.5 Å². The van der Waals surface area contributed by atoms with E-state index in [0.29, 0.717) is 16.4 Å². The molecule has 6 heteroatoms. The first kappa shape index (κ1) is 19.2. The Hall–Kier alpha value is -3.77. The van der Waals surface area contributed by atoms with E-state index in [0.717, 1.165) is 33.0 Å². The SMILES string of the molecule is Cc1ccc2nc(-c3ccccc3)c(NC(=O)c3sc(-c4ccccc4)nc3C)n2c1. The number of nitrogens with zero attached hydrogens (tertiary/aromatic N) is 3. The molecule has 0 aliphatic heterocycles. The Labute approximate surface area is 184 Å². The molecule has 0 atom stereocenters. The molecule has 0 fully saturated rings. The largest absolute Gasteiger partial charge is 0.305 e. The number of benzene rings is 2. The molecule has 3 aromatic heterocycles. The highest BCUT2D eigenvalue weighted by molar-refractivity contribution is 7.17. The van der Waals surface area contributed by atoms with E-state index >= 15 is 0 Å².